The van der Waals surface area contributed by atoms with Gasteiger partial charge in [-0.1, -0.05) is 26.7 Å². The van der Waals surface area contributed by atoms with Crippen molar-refractivity contribution in [1.82, 2.24) is 0 Å². The van der Waals surface area contributed by atoms with E-state index in [-0.39, 0.29) is 6.10 Å². The van der Waals surface area contributed by atoms with E-state index in [1.54, 1.807) is 0 Å². The van der Waals surface area contributed by atoms with Crippen LogP contribution in [0, 0.1) is 5.41 Å². The highest BCUT2D eigenvalue weighted by molar-refractivity contribution is 4.84. The van der Waals surface area contributed by atoms with Crippen LogP contribution in [0.4, 0.5) is 0 Å². The van der Waals surface area contributed by atoms with Crippen LogP contribution in [0.3, 0.4) is 0 Å². The third-order valence-corrected chi connectivity index (χ3v) is 3.58. The lowest BCUT2D eigenvalue weighted by Crippen LogP contribution is -2.29. The summed E-state index contributed by atoms with van der Waals surface area (Å²) in [5.74, 6) is 0. The van der Waals surface area contributed by atoms with E-state index in [0.717, 1.165) is 12.8 Å². The van der Waals surface area contributed by atoms with Crippen molar-refractivity contribution in [2.75, 3.05) is 0 Å². The van der Waals surface area contributed by atoms with E-state index in [1.807, 2.05) is 0 Å². The Hall–Kier alpha value is -0.0400. The van der Waals surface area contributed by atoms with Crippen LogP contribution in [0.2, 0.25) is 0 Å². The molecule has 1 fully saturated rings. The predicted octanol–water partition coefficient (Wildman–Crippen LogP) is 3.51. The largest absolute Gasteiger partial charge is 0.393 e. The van der Waals surface area contributed by atoms with Gasteiger partial charge in [0.1, 0.15) is 0 Å². The molecule has 0 heterocycles. The quantitative estimate of drug-likeness (QED) is 0.709. The van der Waals surface area contributed by atoms with Crippen molar-refractivity contribution in [3.8, 4) is 0 Å². The van der Waals surface area contributed by atoms with Crippen LogP contribution in [0.25, 0.3) is 0 Å². The van der Waals surface area contributed by atoms with E-state index in [0.29, 0.717) is 5.41 Å². The van der Waals surface area contributed by atoms with Crippen LogP contribution in [-0.2, 0) is 0 Å². The monoisotopic (exact) mass is 184 g/mol. The second kappa shape index (κ2) is 4.99. The normalized spacial score (nSPS) is 23.3. The highest BCUT2D eigenvalue weighted by atomic mass is 16.3. The van der Waals surface area contributed by atoms with Crippen LogP contribution in [-0.4, -0.2) is 11.2 Å². The van der Waals surface area contributed by atoms with Crippen molar-refractivity contribution >= 4 is 0 Å². The van der Waals surface area contributed by atoms with E-state index in [1.165, 1.54) is 38.5 Å². The van der Waals surface area contributed by atoms with Gasteiger partial charge in [0.15, 0.2) is 0 Å². The van der Waals surface area contributed by atoms with Gasteiger partial charge >= 0.3 is 0 Å². The second-order valence-electron chi connectivity index (χ2n) is 4.73. The van der Waals surface area contributed by atoms with Crippen molar-refractivity contribution in [3.63, 3.8) is 0 Å². The van der Waals surface area contributed by atoms with Gasteiger partial charge < -0.3 is 5.11 Å². The van der Waals surface area contributed by atoms with E-state index in [2.05, 4.69) is 13.8 Å². The topological polar surface area (TPSA) is 20.2 Å². The summed E-state index contributed by atoms with van der Waals surface area (Å²) < 4.78 is 0. The first-order chi connectivity index (χ1) is 6.22. The highest BCUT2D eigenvalue weighted by Crippen LogP contribution is 2.43. The molecular weight excluding hydrogens is 160 g/mol. The molecule has 0 aliphatic heterocycles. The van der Waals surface area contributed by atoms with Crippen molar-refractivity contribution < 1.29 is 5.11 Å². The molecule has 0 bridgehead atoms. The maximum Gasteiger partial charge on any atom is 0.0540 e. The van der Waals surface area contributed by atoms with E-state index in [9.17, 15) is 5.11 Å². The molecule has 1 saturated carbocycles. The standard InChI is InChI=1S/C12H24O/c1-3-7-12(8-4-2)9-5-11(13)6-10-12/h11,13H,3-10H2,1-2H3. The molecule has 1 rings (SSSR count). The van der Waals surface area contributed by atoms with Gasteiger partial charge in [-0.25, -0.2) is 0 Å². The molecule has 1 nitrogen and oxygen atoms in total. The molecule has 0 aromatic heterocycles. The summed E-state index contributed by atoms with van der Waals surface area (Å²) in [7, 11) is 0. The molecule has 0 saturated heterocycles. The average molecular weight is 184 g/mol. The number of aliphatic hydroxyl groups excluding tert-OH is 1. The van der Waals surface area contributed by atoms with Gasteiger partial charge in [0.2, 0.25) is 0 Å². The average Bonchev–Trinajstić information content (AvgIpc) is 2.11. The molecule has 0 aromatic rings. The summed E-state index contributed by atoms with van der Waals surface area (Å²) in [5, 5.41) is 9.48. The lowest BCUT2D eigenvalue weighted by atomic mass is 9.68. The van der Waals surface area contributed by atoms with Gasteiger partial charge in [0, 0.05) is 0 Å². The summed E-state index contributed by atoms with van der Waals surface area (Å²) in [6.45, 7) is 4.56. The number of hydrogen-bond acceptors (Lipinski definition) is 1. The zero-order chi connectivity index (χ0) is 9.73. The third kappa shape index (κ3) is 2.98. The molecule has 0 radical (unpaired) electrons. The Labute approximate surface area is 82.5 Å². The zero-order valence-corrected chi connectivity index (χ0v) is 9.18. The van der Waals surface area contributed by atoms with E-state index < -0.39 is 0 Å². The second-order valence-corrected chi connectivity index (χ2v) is 4.73. The molecular formula is C12H24O. The Morgan fingerprint density at radius 1 is 1.08 bits per heavy atom. The van der Waals surface area contributed by atoms with E-state index in [4.69, 9.17) is 0 Å². The number of hydrogen-bond donors (Lipinski definition) is 1. The molecule has 1 aliphatic carbocycles. The van der Waals surface area contributed by atoms with Gasteiger partial charge in [-0.3, -0.25) is 0 Å². The van der Waals surface area contributed by atoms with Crippen LogP contribution >= 0.6 is 0 Å². The Bertz CT molecular complexity index is 126. The first-order valence-corrected chi connectivity index (χ1v) is 5.90. The highest BCUT2D eigenvalue weighted by Gasteiger charge is 2.32. The van der Waals surface area contributed by atoms with Crippen LogP contribution < -0.4 is 0 Å². The third-order valence-electron chi connectivity index (χ3n) is 3.58. The Morgan fingerprint density at radius 3 is 1.92 bits per heavy atom. The molecule has 78 valence electrons. The minimum Gasteiger partial charge on any atom is -0.393 e. The molecule has 13 heavy (non-hydrogen) atoms. The number of rotatable bonds is 4. The van der Waals surface area contributed by atoms with Gasteiger partial charge in [-0.05, 0) is 43.9 Å². The first-order valence-electron chi connectivity index (χ1n) is 5.90. The van der Waals surface area contributed by atoms with Crippen molar-refractivity contribution in [2.24, 2.45) is 5.41 Å². The Morgan fingerprint density at radius 2 is 1.54 bits per heavy atom. The van der Waals surface area contributed by atoms with Gasteiger partial charge in [0.05, 0.1) is 6.10 Å². The molecule has 0 unspecified atom stereocenters. The lowest BCUT2D eigenvalue weighted by Gasteiger charge is -2.39. The van der Waals surface area contributed by atoms with Crippen LogP contribution in [0.15, 0.2) is 0 Å². The maximum absolute atomic E-state index is 9.48. The number of aliphatic hydroxyl groups is 1. The summed E-state index contributed by atoms with van der Waals surface area (Å²) in [6, 6.07) is 0. The van der Waals surface area contributed by atoms with Gasteiger partial charge in [-0.15, -0.1) is 0 Å². The van der Waals surface area contributed by atoms with Gasteiger partial charge in [0.25, 0.3) is 0 Å². The predicted molar refractivity (Wildman–Crippen MR) is 56.7 cm³/mol. The fourth-order valence-electron chi connectivity index (χ4n) is 2.90. The smallest absolute Gasteiger partial charge is 0.0540 e. The molecule has 0 atom stereocenters. The summed E-state index contributed by atoms with van der Waals surface area (Å²) in [6.07, 6.45) is 9.95. The SMILES string of the molecule is CCCC1(CCC)CCC(O)CC1. The summed E-state index contributed by atoms with van der Waals surface area (Å²) >= 11 is 0. The molecule has 1 heteroatoms. The molecule has 1 aliphatic rings. The summed E-state index contributed by atoms with van der Waals surface area (Å²) in [4.78, 5) is 0. The molecule has 0 amide bonds. The van der Waals surface area contributed by atoms with Crippen molar-refractivity contribution in [1.29, 1.82) is 0 Å². The first kappa shape index (κ1) is 11.0. The van der Waals surface area contributed by atoms with E-state index >= 15 is 0 Å². The van der Waals surface area contributed by atoms with Crippen molar-refractivity contribution in [2.45, 2.75) is 71.3 Å². The van der Waals surface area contributed by atoms with Crippen molar-refractivity contribution in [3.05, 3.63) is 0 Å². The minimum atomic E-state index is 0.00170. The fourth-order valence-corrected chi connectivity index (χ4v) is 2.90. The molecule has 0 aromatic carbocycles. The van der Waals surface area contributed by atoms with Crippen LogP contribution in [0.5, 0.6) is 0 Å². The van der Waals surface area contributed by atoms with Crippen LogP contribution in [0.1, 0.15) is 65.2 Å². The lowest BCUT2D eigenvalue weighted by molar-refractivity contribution is 0.0511. The minimum absolute atomic E-state index is 0.00170. The van der Waals surface area contributed by atoms with Gasteiger partial charge in [-0.2, -0.15) is 0 Å². The Kier molecular flexibility index (Phi) is 4.24. The zero-order valence-electron chi connectivity index (χ0n) is 9.18. The molecule has 0 spiro atoms. The maximum atomic E-state index is 9.48. The fraction of sp³-hybridized carbons (Fsp3) is 1.00. The summed E-state index contributed by atoms with van der Waals surface area (Å²) in [5.41, 5.74) is 0.600. The molecule has 1 N–H and O–H groups in total. The Balaban J connectivity index is 2.47.